The lowest BCUT2D eigenvalue weighted by molar-refractivity contribution is -0.118. The van der Waals surface area contributed by atoms with Crippen molar-refractivity contribution >= 4 is 21.4 Å². The second-order valence-electron chi connectivity index (χ2n) is 5.51. The molecule has 7 heteroatoms. The van der Waals surface area contributed by atoms with E-state index in [-0.39, 0.29) is 35.2 Å². The molecule has 0 saturated heterocycles. The maximum atomic E-state index is 13.5. The lowest BCUT2D eigenvalue weighted by Crippen LogP contribution is -2.29. The van der Waals surface area contributed by atoms with E-state index in [2.05, 4.69) is 0 Å². The number of rotatable bonds is 3. The smallest absolute Gasteiger partial charge is 0.228 e. The van der Waals surface area contributed by atoms with Gasteiger partial charge in [-0.05, 0) is 35.9 Å². The average molecular weight is 349 g/mol. The third kappa shape index (κ3) is 3.12. The molecule has 0 unspecified atom stereocenters. The number of carbonyl (C=O) groups excluding carboxylic acids is 1. The Balaban J connectivity index is 2.03. The Hall–Kier alpha value is -2.41. The van der Waals surface area contributed by atoms with Crippen molar-refractivity contribution < 1.29 is 22.3 Å². The Labute approximate surface area is 139 Å². The number of methoxy groups -OCH3 is 1. The van der Waals surface area contributed by atoms with Gasteiger partial charge in [-0.15, -0.1) is 0 Å². The van der Waals surface area contributed by atoms with Crippen molar-refractivity contribution in [1.82, 2.24) is 0 Å². The number of benzene rings is 2. The van der Waals surface area contributed by atoms with Crippen LogP contribution in [0, 0.1) is 5.82 Å². The molecule has 0 bridgehead atoms. The van der Waals surface area contributed by atoms with Crippen LogP contribution in [0.1, 0.15) is 12.0 Å². The van der Waals surface area contributed by atoms with Crippen molar-refractivity contribution in [3.05, 3.63) is 53.8 Å². The summed E-state index contributed by atoms with van der Waals surface area (Å²) in [6.45, 7) is 0.205. The molecule has 0 radical (unpaired) electrons. The van der Waals surface area contributed by atoms with Crippen LogP contribution in [-0.2, 0) is 21.2 Å². The number of carbonyl (C=O) groups is 1. The van der Waals surface area contributed by atoms with E-state index in [0.29, 0.717) is 5.75 Å². The first kappa shape index (κ1) is 16.4. The molecule has 1 aliphatic rings. The van der Waals surface area contributed by atoms with Crippen LogP contribution in [0.5, 0.6) is 5.75 Å². The van der Waals surface area contributed by atoms with Gasteiger partial charge in [-0.25, -0.2) is 12.8 Å². The standard InChI is InChI=1S/C17H16FNO4S/c1-23-14-5-2-12(3-6-14)11-19-15-7-4-13(18)10-16(15)24(21,22)9-8-17(19)20/h2-7,10H,8-9,11H2,1H3. The molecule has 0 saturated carbocycles. The highest BCUT2D eigenvalue weighted by molar-refractivity contribution is 7.91. The zero-order valence-corrected chi connectivity index (χ0v) is 13.8. The van der Waals surface area contributed by atoms with Crippen molar-refractivity contribution in [1.29, 1.82) is 0 Å². The molecule has 24 heavy (non-hydrogen) atoms. The molecule has 0 spiro atoms. The van der Waals surface area contributed by atoms with Gasteiger partial charge < -0.3 is 9.64 Å². The summed E-state index contributed by atoms with van der Waals surface area (Å²) in [5.74, 6) is -0.580. The molecule has 0 fully saturated rings. The van der Waals surface area contributed by atoms with Gasteiger partial charge in [0.2, 0.25) is 5.91 Å². The first-order valence-electron chi connectivity index (χ1n) is 7.36. The molecule has 3 rings (SSSR count). The zero-order chi connectivity index (χ0) is 17.3. The van der Waals surface area contributed by atoms with Gasteiger partial charge in [0.1, 0.15) is 11.6 Å². The normalized spacial score (nSPS) is 16.4. The first-order valence-corrected chi connectivity index (χ1v) is 9.01. The Morgan fingerprint density at radius 1 is 1.17 bits per heavy atom. The monoisotopic (exact) mass is 349 g/mol. The lowest BCUT2D eigenvalue weighted by Gasteiger charge is -2.22. The zero-order valence-electron chi connectivity index (χ0n) is 13.0. The largest absolute Gasteiger partial charge is 0.497 e. The Kier molecular flexibility index (Phi) is 4.28. The van der Waals surface area contributed by atoms with E-state index in [9.17, 15) is 17.6 Å². The van der Waals surface area contributed by atoms with Crippen LogP contribution in [0.4, 0.5) is 10.1 Å². The fraction of sp³-hybridized carbons (Fsp3) is 0.235. The second kappa shape index (κ2) is 6.24. The van der Waals surface area contributed by atoms with E-state index in [0.717, 1.165) is 17.7 Å². The van der Waals surface area contributed by atoms with Crippen LogP contribution in [0.3, 0.4) is 0 Å². The maximum absolute atomic E-state index is 13.5. The van der Waals surface area contributed by atoms with Crippen molar-refractivity contribution in [2.24, 2.45) is 0 Å². The average Bonchev–Trinajstić information content (AvgIpc) is 2.66. The molecule has 0 aliphatic carbocycles. The molecule has 2 aromatic rings. The third-order valence-electron chi connectivity index (χ3n) is 3.93. The lowest BCUT2D eigenvalue weighted by atomic mass is 10.1. The number of sulfone groups is 1. The van der Waals surface area contributed by atoms with Crippen LogP contribution in [0.15, 0.2) is 47.4 Å². The third-order valence-corrected chi connectivity index (χ3v) is 5.67. The molecule has 0 N–H and O–H groups in total. The van der Waals surface area contributed by atoms with Crippen LogP contribution >= 0.6 is 0 Å². The summed E-state index contributed by atoms with van der Waals surface area (Å²) in [5, 5.41) is 0. The predicted molar refractivity (Wildman–Crippen MR) is 87.3 cm³/mol. The fourth-order valence-corrected chi connectivity index (χ4v) is 4.10. The molecular formula is C17H16FNO4S. The summed E-state index contributed by atoms with van der Waals surface area (Å²) in [6.07, 6.45) is -0.130. The van der Waals surface area contributed by atoms with Crippen molar-refractivity contribution in [2.75, 3.05) is 17.8 Å². The summed E-state index contributed by atoms with van der Waals surface area (Å²) in [5.41, 5.74) is 1.04. The van der Waals surface area contributed by atoms with Crippen LogP contribution < -0.4 is 9.64 Å². The van der Waals surface area contributed by atoms with Gasteiger partial charge in [0.05, 0.1) is 30.0 Å². The van der Waals surface area contributed by atoms with Crippen LogP contribution in [-0.4, -0.2) is 27.2 Å². The van der Waals surface area contributed by atoms with Gasteiger partial charge in [0.25, 0.3) is 0 Å². The molecule has 0 aromatic heterocycles. The van der Waals surface area contributed by atoms with E-state index < -0.39 is 15.7 Å². The SMILES string of the molecule is COc1ccc(CN2C(=O)CCS(=O)(=O)c3cc(F)ccc32)cc1. The van der Waals surface area contributed by atoms with Gasteiger partial charge in [-0.1, -0.05) is 12.1 Å². The summed E-state index contributed by atoms with van der Waals surface area (Å²) in [7, 11) is -2.13. The number of amides is 1. The molecule has 126 valence electrons. The van der Waals surface area contributed by atoms with E-state index in [1.807, 2.05) is 0 Å². The minimum atomic E-state index is -3.69. The number of ether oxygens (including phenoxy) is 1. The number of anilines is 1. The highest BCUT2D eigenvalue weighted by Crippen LogP contribution is 2.32. The molecule has 1 amide bonds. The van der Waals surface area contributed by atoms with Crippen LogP contribution in [0.25, 0.3) is 0 Å². The van der Waals surface area contributed by atoms with Gasteiger partial charge >= 0.3 is 0 Å². The fourth-order valence-electron chi connectivity index (χ4n) is 2.65. The maximum Gasteiger partial charge on any atom is 0.228 e. The Morgan fingerprint density at radius 3 is 2.54 bits per heavy atom. The topological polar surface area (TPSA) is 63.7 Å². The Bertz CT molecular complexity index is 878. The van der Waals surface area contributed by atoms with Crippen molar-refractivity contribution in [2.45, 2.75) is 17.9 Å². The van der Waals surface area contributed by atoms with Gasteiger partial charge in [-0.2, -0.15) is 0 Å². The predicted octanol–water partition coefficient (Wildman–Crippen LogP) is 2.54. The summed E-state index contributed by atoms with van der Waals surface area (Å²) in [6, 6.07) is 10.6. The van der Waals surface area contributed by atoms with E-state index in [1.165, 1.54) is 11.0 Å². The summed E-state index contributed by atoms with van der Waals surface area (Å²) in [4.78, 5) is 13.7. The number of nitrogens with zero attached hydrogens (tertiary/aromatic N) is 1. The van der Waals surface area contributed by atoms with Crippen LogP contribution in [0.2, 0.25) is 0 Å². The molecule has 0 atom stereocenters. The van der Waals surface area contributed by atoms with Gasteiger partial charge in [0, 0.05) is 6.42 Å². The molecular weight excluding hydrogens is 333 g/mol. The minimum Gasteiger partial charge on any atom is -0.497 e. The van der Waals surface area contributed by atoms with E-state index >= 15 is 0 Å². The number of fused-ring (bicyclic) bond motifs is 1. The Morgan fingerprint density at radius 2 is 1.88 bits per heavy atom. The number of hydrogen-bond donors (Lipinski definition) is 0. The highest BCUT2D eigenvalue weighted by Gasteiger charge is 2.31. The van der Waals surface area contributed by atoms with E-state index in [4.69, 9.17) is 4.74 Å². The summed E-state index contributed by atoms with van der Waals surface area (Å²) < 4.78 is 43.2. The first-order chi connectivity index (χ1) is 11.4. The van der Waals surface area contributed by atoms with Gasteiger partial charge in [-0.3, -0.25) is 4.79 Å². The highest BCUT2D eigenvalue weighted by atomic mass is 32.2. The second-order valence-corrected chi connectivity index (χ2v) is 7.59. The van der Waals surface area contributed by atoms with Crippen molar-refractivity contribution in [3.63, 3.8) is 0 Å². The number of halogens is 1. The molecule has 5 nitrogen and oxygen atoms in total. The number of hydrogen-bond acceptors (Lipinski definition) is 4. The minimum absolute atomic E-state index is 0.130. The van der Waals surface area contributed by atoms with E-state index in [1.54, 1.807) is 31.4 Å². The van der Waals surface area contributed by atoms with Crippen molar-refractivity contribution in [3.8, 4) is 5.75 Å². The summed E-state index contributed by atoms with van der Waals surface area (Å²) >= 11 is 0. The molecule has 1 aliphatic heterocycles. The quantitative estimate of drug-likeness (QED) is 0.854. The van der Waals surface area contributed by atoms with Gasteiger partial charge in [0.15, 0.2) is 9.84 Å². The molecule has 2 aromatic carbocycles. The molecule has 1 heterocycles.